The summed E-state index contributed by atoms with van der Waals surface area (Å²) in [5.41, 5.74) is 7.30. The molecule has 0 aliphatic carbocycles. The number of aromatic nitrogens is 1. The van der Waals surface area contributed by atoms with Gasteiger partial charge in [0.05, 0.1) is 4.90 Å². The highest BCUT2D eigenvalue weighted by Crippen LogP contribution is 2.23. The molecule has 0 amide bonds. The number of hydrogen-bond donors (Lipinski definition) is 1. The third-order valence-corrected chi connectivity index (χ3v) is 3.79. The maximum Gasteiger partial charge on any atom is 0.219 e. The monoisotopic (exact) mass is 292 g/mol. The number of aryl methyl sites for hydroxylation is 1. The molecule has 0 unspecified atom stereocenters. The Labute approximate surface area is 118 Å². The Bertz CT molecular complexity index is 727. The molecule has 1 heterocycles. The summed E-state index contributed by atoms with van der Waals surface area (Å²) in [5.74, 6) is 0.824. The van der Waals surface area contributed by atoms with Gasteiger partial charge in [-0.15, -0.1) is 0 Å². The Morgan fingerprint density at radius 1 is 1.25 bits per heavy atom. The molecule has 2 aromatic rings. The van der Waals surface area contributed by atoms with Crippen LogP contribution >= 0.6 is 0 Å². The molecule has 0 atom stereocenters. The van der Waals surface area contributed by atoms with Gasteiger partial charge in [-0.1, -0.05) is 6.07 Å². The first kappa shape index (κ1) is 14.5. The van der Waals surface area contributed by atoms with Gasteiger partial charge in [0.1, 0.15) is 5.75 Å². The fourth-order valence-electron chi connectivity index (χ4n) is 1.77. The molecule has 0 radical (unpaired) electrons. The van der Waals surface area contributed by atoms with Crippen molar-refractivity contribution in [3.63, 3.8) is 0 Å². The van der Waals surface area contributed by atoms with Crippen LogP contribution in [0.5, 0.6) is 11.6 Å². The predicted molar refractivity (Wildman–Crippen MR) is 76.5 cm³/mol. The quantitative estimate of drug-likeness (QED) is 0.932. The molecule has 5 nitrogen and oxygen atoms in total. The molecule has 0 fully saturated rings. The second-order valence-electron chi connectivity index (χ2n) is 4.51. The molecule has 2 rings (SSSR count). The van der Waals surface area contributed by atoms with Crippen LogP contribution in [0.4, 0.5) is 0 Å². The number of pyridine rings is 1. The third kappa shape index (κ3) is 3.55. The minimum atomic E-state index is -3.26. The van der Waals surface area contributed by atoms with Crippen LogP contribution in [0.3, 0.4) is 0 Å². The van der Waals surface area contributed by atoms with Crippen molar-refractivity contribution in [3.05, 3.63) is 47.7 Å². The second-order valence-corrected chi connectivity index (χ2v) is 6.52. The van der Waals surface area contributed by atoms with Crippen LogP contribution in [-0.4, -0.2) is 19.7 Å². The number of nitrogens with zero attached hydrogens (tertiary/aromatic N) is 1. The molecular weight excluding hydrogens is 276 g/mol. The molecule has 1 aromatic heterocycles. The number of hydrogen-bond acceptors (Lipinski definition) is 5. The third-order valence-electron chi connectivity index (χ3n) is 2.68. The Kier molecular flexibility index (Phi) is 4.06. The van der Waals surface area contributed by atoms with Gasteiger partial charge in [-0.25, -0.2) is 13.4 Å². The Balaban J connectivity index is 2.33. The van der Waals surface area contributed by atoms with Crippen molar-refractivity contribution in [2.75, 3.05) is 6.26 Å². The zero-order valence-electron chi connectivity index (χ0n) is 11.3. The van der Waals surface area contributed by atoms with Crippen molar-refractivity contribution in [1.82, 2.24) is 4.98 Å². The number of benzene rings is 1. The van der Waals surface area contributed by atoms with Crippen molar-refractivity contribution >= 4 is 9.84 Å². The molecule has 0 aliphatic rings. The van der Waals surface area contributed by atoms with Gasteiger partial charge >= 0.3 is 0 Å². The zero-order valence-corrected chi connectivity index (χ0v) is 12.1. The zero-order chi connectivity index (χ0) is 14.8. The first-order valence-electron chi connectivity index (χ1n) is 6.04. The number of rotatable bonds is 4. The predicted octanol–water partition coefficient (Wildman–Crippen LogP) is 2.04. The summed E-state index contributed by atoms with van der Waals surface area (Å²) in [4.78, 5) is 4.45. The minimum absolute atomic E-state index is 0.210. The maximum absolute atomic E-state index is 11.5. The SMILES string of the molecule is Cc1cc(CN)cc(Oc2cccc(S(C)(=O)=O)c2)n1. The molecule has 0 spiro atoms. The van der Waals surface area contributed by atoms with E-state index < -0.39 is 9.84 Å². The lowest BCUT2D eigenvalue weighted by Gasteiger charge is -2.08. The van der Waals surface area contributed by atoms with Crippen LogP contribution in [-0.2, 0) is 16.4 Å². The number of ether oxygens (including phenoxy) is 1. The van der Waals surface area contributed by atoms with Crippen molar-refractivity contribution < 1.29 is 13.2 Å². The van der Waals surface area contributed by atoms with Gasteiger partial charge in [0.25, 0.3) is 0 Å². The summed E-state index contributed by atoms with van der Waals surface area (Å²) < 4.78 is 28.6. The van der Waals surface area contributed by atoms with Crippen LogP contribution < -0.4 is 10.5 Å². The lowest BCUT2D eigenvalue weighted by Crippen LogP contribution is -2.00. The number of sulfone groups is 1. The van der Waals surface area contributed by atoms with E-state index in [9.17, 15) is 8.42 Å². The van der Waals surface area contributed by atoms with E-state index in [4.69, 9.17) is 10.5 Å². The molecule has 20 heavy (non-hydrogen) atoms. The summed E-state index contributed by atoms with van der Waals surface area (Å²) in [6.45, 7) is 2.24. The van der Waals surface area contributed by atoms with Gasteiger partial charge in [-0.2, -0.15) is 0 Å². The average Bonchev–Trinajstić information content (AvgIpc) is 2.37. The standard InChI is InChI=1S/C14H16N2O3S/c1-10-6-11(9-15)7-14(16-10)19-12-4-3-5-13(8-12)20(2,17)18/h3-8H,9,15H2,1-2H3. The van der Waals surface area contributed by atoms with Crippen molar-refractivity contribution in [2.45, 2.75) is 18.4 Å². The lowest BCUT2D eigenvalue weighted by molar-refractivity contribution is 0.459. The highest BCUT2D eigenvalue weighted by molar-refractivity contribution is 7.90. The van der Waals surface area contributed by atoms with Crippen molar-refractivity contribution in [2.24, 2.45) is 5.73 Å². The Morgan fingerprint density at radius 2 is 2.00 bits per heavy atom. The van der Waals surface area contributed by atoms with Crippen molar-refractivity contribution in [3.8, 4) is 11.6 Å². The number of nitrogens with two attached hydrogens (primary N) is 1. The average molecular weight is 292 g/mol. The Morgan fingerprint density at radius 3 is 2.65 bits per heavy atom. The maximum atomic E-state index is 11.5. The molecule has 2 N–H and O–H groups in total. The summed E-state index contributed by atoms with van der Waals surface area (Å²) in [6, 6.07) is 9.92. The molecule has 6 heteroatoms. The van der Waals surface area contributed by atoms with E-state index >= 15 is 0 Å². The van der Waals surface area contributed by atoms with Crippen LogP contribution in [0.2, 0.25) is 0 Å². The van der Waals surface area contributed by atoms with Crippen molar-refractivity contribution in [1.29, 1.82) is 0 Å². The van der Waals surface area contributed by atoms with Gasteiger partial charge in [0, 0.05) is 24.6 Å². The Hall–Kier alpha value is -1.92. The summed E-state index contributed by atoms with van der Waals surface area (Å²) in [6.07, 6.45) is 1.16. The van der Waals surface area contributed by atoms with E-state index in [0.717, 1.165) is 17.5 Å². The van der Waals surface area contributed by atoms with Gasteiger partial charge in [0.2, 0.25) is 5.88 Å². The molecule has 0 saturated carbocycles. The first-order chi connectivity index (χ1) is 9.38. The summed E-state index contributed by atoms with van der Waals surface area (Å²) in [7, 11) is -3.26. The fraction of sp³-hybridized carbons (Fsp3) is 0.214. The normalized spacial score (nSPS) is 11.3. The molecule has 0 aliphatic heterocycles. The van der Waals surface area contributed by atoms with E-state index in [-0.39, 0.29) is 4.90 Å². The second kappa shape index (κ2) is 5.60. The van der Waals surface area contributed by atoms with Crippen LogP contribution in [0.25, 0.3) is 0 Å². The molecule has 106 valence electrons. The van der Waals surface area contributed by atoms with E-state index in [0.29, 0.717) is 18.2 Å². The van der Waals surface area contributed by atoms with Crippen LogP contribution in [0.15, 0.2) is 41.3 Å². The first-order valence-corrected chi connectivity index (χ1v) is 7.93. The highest BCUT2D eigenvalue weighted by atomic mass is 32.2. The van der Waals surface area contributed by atoms with Gasteiger partial charge in [-0.05, 0) is 36.8 Å². The van der Waals surface area contributed by atoms with E-state index in [1.807, 2.05) is 13.0 Å². The molecular formula is C14H16N2O3S. The van der Waals surface area contributed by atoms with E-state index in [1.165, 1.54) is 12.1 Å². The van der Waals surface area contributed by atoms with Crippen LogP contribution in [0.1, 0.15) is 11.3 Å². The van der Waals surface area contributed by atoms with E-state index in [1.54, 1.807) is 18.2 Å². The van der Waals surface area contributed by atoms with Gasteiger partial charge in [-0.3, -0.25) is 0 Å². The lowest BCUT2D eigenvalue weighted by atomic mass is 10.2. The van der Waals surface area contributed by atoms with Gasteiger partial charge < -0.3 is 10.5 Å². The van der Waals surface area contributed by atoms with Gasteiger partial charge in [0.15, 0.2) is 9.84 Å². The molecule has 1 aromatic carbocycles. The smallest absolute Gasteiger partial charge is 0.219 e. The summed E-state index contributed by atoms with van der Waals surface area (Å²) in [5, 5.41) is 0. The molecule has 0 saturated heterocycles. The minimum Gasteiger partial charge on any atom is -0.439 e. The van der Waals surface area contributed by atoms with Crippen LogP contribution in [0, 0.1) is 6.92 Å². The highest BCUT2D eigenvalue weighted by Gasteiger charge is 2.09. The molecule has 0 bridgehead atoms. The van der Waals surface area contributed by atoms with E-state index in [2.05, 4.69) is 4.98 Å². The summed E-state index contributed by atoms with van der Waals surface area (Å²) >= 11 is 0. The largest absolute Gasteiger partial charge is 0.439 e. The fourth-order valence-corrected chi connectivity index (χ4v) is 2.42. The topological polar surface area (TPSA) is 82.3 Å².